The lowest BCUT2D eigenvalue weighted by Gasteiger charge is -2.16. The van der Waals surface area contributed by atoms with E-state index in [2.05, 4.69) is 10.5 Å². The Labute approximate surface area is 143 Å². The molecule has 0 amide bonds. The number of nitrogens with zero attached hydrogens (tertiary/aromatic N) is 2. The summed E-state index contributed by atoms with van der Waals surface area (Å²) in [6, 6.07) is 16.7. The molecule has 24 heavy (non-hydrogen) atoms. The second-order valence-electron chi connectivity index (χ2n) is 5.98. The summed E-state index contributed by atoms with van der Waals surface area (Å²) in [6.45, 7) is 2.94. The molecule has 1 atom stereocenters. The van der Waals surface area contributed by atoms with Crippen LogP contribution in [-0.4, -0.2) is 32.0 Å². The monoisotopic (exact) mass is 343 g/mol. The van der Waals surface area contributed by atoms with E-state index in [1.165, 1.54) is 4.31 Å². The lowest BCUT2D eigenvalue weighted by molar-refractivity contribution is 0.473. The quantitative estimate of drug-likeness (QED) is 0.670. The van der Waals surface area contributed by atoms with E-state index in [0.717, 1.165) is 17.7 Å². The molecule has 0 saturated carbocycles. The summed E-state index contributed by atoms with van der Waals surface area (Å²) in [5, 5.41) is 4.23. The lowest BCUT2D eigenvalue weighted by Crippen LogP contribution is -2.29. The van der Waals surface area contributed by atoms with Crippen molar-refractivity contribution in [3.8, 4) is 0 Å². The van der Waals surface area contributed by atoms with Gasteiger partial charge in [0.2, 0.25) is 10.0 Å². The van der Waals surface area contributed by atoms with Crippen LogP contribution < -0.4 is 5.43 Å². The molecule has 126 valence electrons. The number of aryl methyl sites for hydroxylation is 1. The van der Waals surface area contributed by atoms with E-state index < -0.39 is 10.0 Å². The fraction of sp³-hybridized carbons (Fsp3) is 0.278. The molecule has 3 rings (SSSR count). The van der Waals surface area contributed by atoms with Crippen LogP contribution in [0.5, 0.6) is 0 Å². The van der Waals surface area contributed by atoms with Crippen molar-refractivity contribution < 1.29 is 8.42 Å². The lowest BCUT2D eigenvalue weighted by atomic mass is 10.1. The minimum Gasteiger partial charge on any atom is -0.279 e. The topological polar surface area (TPSA) is 61.8 Å². The van der Waals surface area contributed by atoms with Crippen LogP contribution in [0, 0.1) is 12.8 Å². The highest BCUT2D eigenvalue weighted by atomic mass is 32.2. The third-order valence-corrected chi connectivity index (χ3v) is 5.98. The Kier molecular flexibility index (Phi) is 4.97. The molecule has 5 nitrogen and oxygen atoms in total. The molecular weight excluding hydrogens is 322 g/mol. The summed E-state index contributed by atoms with van der Waals surface area (Å²) in [4.78, 5) is 0.355. The maximum Gasteiger partial charge on any atom is 0.243 e. The van der Waals surface area contributed by atoms with E-state index in [1.54, 1.807) is 18.3 Å². The molecule has 1 aliphatic heterocycles. The molecule has 0 radical (unpaired) electrons. The third-order valence-electron chi connectivity index (χ3n) is 4.10. The van der Waals surface area contributed by atoms with Gasteiger partial charge in [-0.3, -0.25) is 5.43 Å². The van der Waals surface area contributed by atoms with Gasteiger partial charge in [-0.2, -0.15) is 9.41 Å². The first kappa shape index (κ1) is 16.7. The average Bonchev–Trinajstić information content (AvgIpc) is 3.06. The van der Waals surface area contributed by atoms with Crippen LogP contribution in [0.2, 0.25) is 0 Å². The molecule has 1 N–H and O–H groups in total. The van der Waals surface area contributed by atoms with Crippen LogP contribution in [0.1, 0.15) is 12.0 Å². The van der Waals surface area contributed by atoms with Crippen molar-refractivity contribution in [2.24, 2.45) is 11.0 Å². The van der Waals surface area contributed by atoms with Crippen molar-refractivity contribution in [2.45, 2.75) is 18.2 Å². The summed E-state index contributed by atoms with van der Waals surface area (Å²) in [6.07, 6.45) is 2.59. The third kappa shape index (κ3) is 3.83. The number of hydrogen-bond donors (Lipinski definition) is 1. The van der Waals surface area contributed by atoms with Crippen LogP contribution in [0.15, 0.2) is 64.6 Å². The van der Waals surface area contributed by atoms with Crippen LogP contribution in [-0.2, 0) is 10.0 Å². The summed E-state index contributed by atoms with van der Waals surface area (Å²) >= 11 is 0. The van der Waals surface area contributed by atoms with Crippen LogP contribution in [0.4, 0.5) is 5.69 Å². The zero-order valence-electron chi connectivity index (χ0n) is 13.6. The second kappa shape index (κ2) is 7.15. The predicted molar refractivity (Wildman–Crippen MR) is 96.6 cm³/mol. The van der Waals surface area contributed by atoms with Gasteiger partial charge in [0.15, 0.2) is 0 Å². The molecule has 6 heteroatoms. The van der Waals surface area contributed by atoms with E-state index in [1.807, 2.05) is 49.4 Å². The number of hydrazone groups is 1. The summed E-state index contributed by atoms with van der Waals surface area (Å²) in [7, 11) is -3.41. The van der Waals surface area contributed by atoms with Crippen LogP contribution in [0.25, 0.3) is 0 Å². The van der Waals surface area contributed by atoms with Gasteiger partial charge in [0.25, 0.3) is 0 Å². The Hall–Kier alpha value is -2.18. The number of sulfonamides is 1. The number of anilines is 1. The molecule has 2 aromatic rings. The fourth-order valence-corrected chi connectivity index (χ4v) is 4.19. The number of nitrogens with one attached hydrogen (secondary N) is 1. The van der Waals surface area contributed by atoms with E-state index in [-0.39, 0.29) is 5.92 Å². The van der Waals surface area contributed by atoms with Gasteiger partial charge in [-0.1, -0.05) is 35.9 Å². The zero-order chi connectivity index (χ0) is 17.0. The van der Waals surface area contributed by atoms with Crippen molar-refractivity contribution in [3.63, 3.8) is 0 Å². The van der Waals surface area contributed by atoms with E-state index in [0.29, 0.717) is 18.0 Å². The Morgan fingerprint density at radius 1 is 1.12 bits per heavy atom. The summed E-state index contributed by atoms with van der Waals surface area (Å²) in [5.74, 6) is 0.126. The van der Waals surface area contributed by atoms with Crippen LogP contribution >= 0.6 is 0 Å². The van der Waals surface area contributed by atoms with Gasteiger partial charge in [-0.05, 0) is 37.6 Å². The maximum absolute atomic E-state index is 12.7. The fourth-order valence-electron chi connectivity index (χ4n) is 2.68. The normalized spacial score (nSPS) is 19.0. The second-order valence-corrected chi connectivity index (χ2v) is 7.92. The predicted octanol–water partition coefficient (Wildman–Crippen LogP) is 3.10. The van der Waals surface area contributed by atoms with Gasteiger partial charge in [0, 0.05) is 25.2 Å². The first-order valence-electron chi connectivity index (χ1n) is 7.97. The number of para-hydroxylation sites is 1. The van der Waals surface area contributed by atoms with Crippen molar-refractivity contribution in [2.75, 3.05) is 18.5 Å². The highest BCUT2D eigenvalue weighted by Crippen LogP contribution is 2.23. The zero-order valence-corrected chi connectivity index (χ0v) is 14.4. The van der Waals surface area contributed by atoms with Crippen LogP contribution in [0.3, 0.4) is 0 Å². The van der Waals surface area contributed by atoms with E-state index in [4.69, 9.17) is 0 Å². The van der Waals surface area contributed by atoms with Gasteiger partial charge in [-0.25, -0.2) is 8.42 Å². The van der Waals surface area contributed by atoms with Gasteiger partial charge >= 0.3 is 0 Å². The Bertz CT molecular complexity index is 802. The highest BCUT2D eigenvalue weighted by Gasteiger charge is 2.31. The summed E-state index contributed by atoms with van der Waals surface area (Å²) in [5.41, 5.74) is 4.93. The summed E-state index contributed by atoms with van der Waals surface area (Å²) < 4.78 is 26.8. The van der Waals surface area contributed by atoms with Crippen molar-refractivity contribution in [3.05, 3.63) is 60.2 Å². The van der Waals surface area contributed by atoms with Gasteiger partial charge in [-0.15, -0.1) is 0 Å². The first-order valence-corrected chi connectivity index (χ1v) is 9.41. The molecule has 1 aliphatic rings. The largest absolute Gasteiger partial charge is 0.279 e. The van der Waals surface area contributed by atoms with Crippen molar-refractivity contribution in [1.82, 2.24) is 4.31 Å². The molecule has 0 bridgehead atoms. The Balaban J connectivity index is 1.61. The molecule has 1 saturated heterocycles. The number of hydrogen-bond acceptors (Lipinski definition) is 4. The molecule has 0 spiro atoms. The molecule has 2 aromatic carbocycles. The molecule has 1 fully saturated rings. The Morgan fingerprint density at radius 3 is 2.54 bits per heavy atom. The van der Waals surface area contributed by atoms with Crippen molar-refractivity contribution >= 4 is 21.9 Å². The smallest absolute Gasteiger partial charge is 0.243 e. The molecular formula is C18H21N3O2S. The van der Waals surface area contributed by atoms with Gasteiger partial charge < -0.3 is 0 Å². The average molecular weight is 343 g/mol. The SMILES string of the molecule is Cc1ccc(S(=O)(=O)N2CCC(/C=N/Nc3ccccc3)C2)cc1. The first-order chi connectivity index (χ1) is 11.6. The molecule has 1 unspecified atom stereocenters. The van der Waals surface area contributed by atoms with Crippen molar-refractivity contribution in [1.29, 1.82) is 0 Å². The molecule has 0 aromatic heterocycles. The Morgan fingerprint density at radius 2 is 1.83 bits per heavy atom. The minimum absolute atomic E-state index is 0.126. The molecule has 1 heterocycles. The maximum atomic E-state index is 12.7. The van der Waals surface area contributed by atoms with Gasteiger partial charge in [0.05, 0.1) is 10.6 Å². The number of rotatable bonds is 5. The standard InChI is InChI=1S/C18H21N3O2S/c1-15-7-9-18(10-8-15)24(22,23)21-12-11-16(14-21)13-19-20-17-5-3-2-4-6-17/h2-10,13,16,20H,11-12,14H2,1H3/b19-13+. The minimum atomic E-state index is -3.41. The van der Waals surface area contributed by atoms with E-state index >= 15 is 0 Å². The number of benzene rings is 2. The van der Waals surface area contributed by atoms with E-state index in [9.17, 15) is 8.42 Å². The van der Waals surface area contributed by atoms with Gasteiger partial charge in [0.1, 0.15) is 0 Å². The molecule has 0 aliphatic carbocycles. The highest BCUT2D eigenvalue weighted by molar-refractivity contribution is 7.89.